The second kappa shape index (κ2) is 8.15. The van der Waals surface area contributed by atoms with Crippen LogP contribution in [-0.2, 0) is 16.6 Å². The molecular weight excluding hydrogens is 390 g/mol. The van der Waals surface area contributed by atoms with Crippen LogP contribution in [0, 0.1) is 0 Å². The molecule has 0 bridgehead atoms. The number of nitrogens with zero attached hydrogens (tertiary/aromatic N) is 2. The van der Waals surface area contributed by atoms with E-state index in [-0.39, 0.29) is 17.4 Å². The quantitative estimate of drug-likeness (QED) is 0.495. The molecule has 4 aromatic rings. The van der Waals surface area contributed by atoms with Gasteiger partial charge in [0.2, 0.25) is 5.82 Å². The van der Waals surface area contributed by atoms with Crippen LogP contribution < -0.4 is 9.46 Å². The molecule has 7 nitrogen and oxygen atoms in total. The zero-order chi connectivity index (χ0) is 20.1. The number of rotatable bonds is 7. The van der Waals surface area contributed by atoms with E-state index in [4.69, 9.17) is 9.26 Å². The van der Waals surface area contributed by atoms with Crippen molar-refractivity contribution in [2.24, 2.45) is 0 Å². The normalized spacial score (nSPS) is 11.2. The lowest BCUT2D eigenvalue weighted by Crippen LogP contribution is -2.13. The first-order valence-corrected chi connectivity index (χ1v) is 10.3. The fourth-order valence-electron chi connectivity index (χ4n) is 2.65. The van der Waals surface area contributed by atoms with Crippen molar-refractivity contribution in [2.75, 3.05) is 4.72 Å². The van der Waals surface area contributed by atoms with Crippen molar-refractivity contribution in [1.29, 1.82) is 0 Å². The van der Waals surface area contributed by atoms with Crippen molar-refractivity contribution in [3.05, 3.63) is 90.8 Å². The highest BCUT2D eigenvalue weighted by molar-refractivity contribution is 7.92. The van der Waals surface area contributed by atoms with Gasteiger partial charge in [-0.15, -0.1) is 0 Å². The van der Waals surface area contributed by atoms with Crippen LogP contribution in [0.15, 0.2) is 94.3 Å². The number of aromatic nitrogens is 2. The average molecular weight is 407 g/mol. The Hall–Kier alpha value is -3.65. The van der Waals surface area contributed by atoms with E-state index in [1.807, 2.05) is 30.3 Å². The van der Waals surface area contributed by atoms with Gasteiger partial charge in [0.1, 0.15) is 5.75 Å². The molecule has 0 atom stereocenters. The van der Waals surface area contributed by atoms with E-state index in [0.29, 0.717) is 22.8 Å². The van der Waals surface area contributed by atoms with E-state index in [2.05, 4.69) is 14.9 Å². The van der Waals surface area contributed by atoms with Crippen molar-refractivity contribution >= 4 is 15.7 Å². The summed E-state index contributed by atoms with van der Waals surface area (Å²) in [6, 6.07) is 24.3. The van der Waals surface area contributed by atoms with Gasteiger partial charge in [-0.1, -0.05) is 53.7 Å². The molecule has 0 amide bonds. The minimum atomic E-state index is -3.75. The minimum Gasteiger partial charge on any atom is -0.485 e. The van der Waals surface area contributed by atoms with Gasteiger partial charge in [-0.25, -0.2) is 8.42 Å². The maximum Gasteiger partial charge on any atom is 0.261 e. The van der Waals surface area contributed by atoms with E-state index >= 15 is 0 Å². The van der Waals surface area contributed by atoms with E-state index in [0.717, 1.165) is 0 Å². The predicted molar refractivity (Wildman–Crippen MR) is 108 cm³/mol. The minimum absolute atomic E-state index is 0.130. The molecule has 0 aliphatic rings. The lowest BCUT2D eigenvalue weighted by molar-refractivity contribution is 0.287. The van der Waals surface area contributed by atoms with Gasteiger partial charge in [0, 0.05) is 0 Å². The molecular formula is C21H17N3O4S. The van der Waals surface area contributed by atoms with Crippen LogP contribution >= 0.6 is 0 Å². The summed E-state index contributed by atoms with van der Waals surface area (Å²) in [6.45, 7) is 0.130. The number of para-hydroxylation sites is 2. The summed E-state index contributed by atoms with van der Waals surface area (Å²) in [5.41, 5.74) is 0.820. The first-order chi connectivity index (χ1) is 14.1. The monoisotopic (exact) mass is 407 g/mol. The lowest BCUT2D eigenvalue weighted by Gasteiger charge is -2.10. The van der Waals surface area contributed by atoms with Crippen molar-refractivity contribution in [3.63, 3.8) is 0 Å². The van der Waals surface area contributed by atoms with Gasteiger partial charge in [0.25, 0.3) is 15.9 Å². The molecule has 146 valence electrons. The SMILES string of the molecule is O=S(=O)(Nc1ccccc1-c1nc(COc2ccccc2)no1)c1ccccc1. The van der Waals surface area contributed by atoms with E-state index < -0.39 is 10.0 Å². The Morgan fingerprint density at radius 2 is 1.52 bits per heavy atom. The molecule has 29 heavy (non-hydrogen) atoms. The van der Waals surface area contributed by atoms with Crippen molar-refractivity contribution in [3.8, 4) is 17.2 Å². The Morgan fingerprint density at radius 3 is 2.28 bits per heavy atom. The summed E-state index contributed by atoms with van der Waals surface area (Å²) >= 11 is 0. The smallest absolute Gasteiger partial charge is 0.261 e. The summed E-state index contributed by atoms with van der Waals surface area (Å²) < 4.78 is 38.8. The van der Waals surface area contributed by atoms with Crippen LogP contribution in [0.5, 0.6) is 5.75 Å². The van der Waals surface area contributed by atoms with Crippen LogP contribution in [-0.4, -0.2) is 18.6 Å². The summed E-state index contributed by atoms with van der Waals surface area (Å²) in [4.78, 5) is 4.49. The van der Waals surface area contributed by atoms with Gasteiger partial charge in [0.15, 0.2) is 6.61 Å². The molecule has 0 saturated carbocycles. The fourth-order valence-corrected chi connectivity index (χ4v) is 3.75. The Kier molecular flexibility index (Phi) is 5.26. The number of sulfonamides is 1. The van der Waals surface area contributed by atoms with Crippen molar-refractivity contribution < 1.29 is 17.7 Å². The number of hydrogen-bond donors (Lipinski definition) is 1. The van der Waals surface area contributed by atoms with E-state index in [1.165, 1.54) is 12.1 Å². The third kappa shape index (κ3) is 4.44. The van der Waals surface area contributed by atoms with Gasteiger partial charge in [-0.2, -0.15) is 4.98 Å². The zero-order valence-electron chi connectivity index (χ0n) is 15.2. The molecule has 0 fully saturated rings. The number of benzene rings is 3. The molecule has 0 aliphatic heterocycles. The maximum absolute atomic E-state index is 12.7. The highest BCUT2D eigenvalue weighted by atomic mass is 32.2. The van der Waals surface area contributed by atoms with Gasteiger partial charge in [-0.05, 0) is 36.4 Å². The van der Waals surface area contributed by atoms with Gasteiger partial charge in [0.05, 0.1) is 16.1 Å². The molecule has 1 aromatic heterocycles. The Balaban J connectivity index is 1.55. The molecule has 0 unspecified atom stereocenters. The first kappa shape index (κ1) is 18.7. The number of hydrogen-bond acceptors (Lipinski definition) is 6. The standard InChI is InChI=1S/C21H17N3O4S/c25-29(26,17-11-5-2-6-12-17)24-19-14-8-7-13-18(19)21-22-20(23-28-21)15-27-16-9-3-1-4-10-16/h1-14,24H,15H2. The van der Waals surface area contributed by atoms with Crippen LogP contribution in [0.2, 0.25) is 0 Å². The fraction of sp³-hybridized carbons (Fsp3) is 0.0476. The molecule has 0 radical (unpaired) electrons. The van der Waals surface area contributed by atoms with Crippen LogP contribution in [0.3, 0.4) is 0 Å². The molecule has 0 saturated heterocycles. The summed E-state index contributed by atoms with van der Waals surface area (Å²) in [6.07, 6.45) is 0. The largest absolute Gasteiger partial charge is 0.485 e. The second-order valence-electron chi connectivity index (χ2n) is 6.08. The maximum atomic E-state index is 12.7. The topological polar surface area (TPSA) is 94.3 Å². The molecule has 0 spiro atoms. The predicted octanol–water partition coefficient (Wildman–Crippen LogP) is 4.12. The van der Waals surface area contributed by atoms with Crippen molar-refractivity contribution in [2.45, 2.75) is 11.5 Å². The van der Waals surface area contributed by atoms with E-state index in [1.54, 1.807) is 42.5 Å². The molecule has 1 heterocycles. The number of anilines is 1. The summed E-state index contributed by atoms with van der Waals surface area (Å²) in [5, 5.41) is 3.92. The Labute approximate surface area is 168 Å². The number of ether oxygens (including phenoxy) is 1. The van der Waals surface area contributed by atoms with Crippen LogP contribution in [0.1, 0.15) is 5.82 Å². The zero-order valence-corrected chi connectivity index (χ0v) is 16.0. The lowest BCUT2D eigenvalue weighted by atomic mass is 10.2. The van der Waals surface area contributed by atoms with Gasteiger partial charge < -0.3 is 9.26 Å². The van der Waals surface area contributed by atoms with Gasteiger partial charge >= 0.3 is 0 Å². The summed E-state index contributed by atoms with van der Waals surface area (Å²) in [5.74, 6) is 1.24. The van der Waals surface area contributed by atoms with Crippen molar-refractivity contribution in [1.82, 2.24) is 10.1 Å². The van der Waals surface area contributed by atoms with E-state index in [9.17, 15) is 8.42 Å². The molecule has 3 aromatic carbocycles. The molecule has 1 N–H and O–H groups in total. The first-order valence-electron chi connectivity index (χ1n) is 8.79. The molecule has 8 heteroatoms. The summed E-state index contributed by atoms with van der Waals surface area (Å²) in [7, 11) is -3.75. The Morgan fingerprint density at radius 1 is 0.862 bits per heavy atom. The highest BCUT2D eigenvalue weighted by Gasteiger charge is 2.19. The average Bonchev–Trinajstić information content (AvgIpc) is 3.23. The molecule has 0 aliphatic carbocycles. The second-order valence-corrected chi connectivity index (χ2v) is 7.76. The van der Waals surface area contributed by atoms with Crippen LogP contribution in [0.25, 0.3) is 11.5 Å². The Bertz CT molecular complexity index is 1190. The molecule has 4 rings (SSSR count). The van der Waals surface area contributed by atoms with Crippen LogP contribution in [0.4, 0.5) is 5.69 Å². The highest BCUT2D eigenvalue weighted by Crippen LogP contribution is 2.28. The van der Waals surface area contributed by atoms with Gasteiger partial charge in [-0.3, -0.25) is 4.72 Å². The number of nitrogens with one attached hydrogen (secondary N) is 1. The third-order valence-corrected chi connectivity index (χ3v) is 5.42. The third-order valence-electron chi connectivity index (χ3n) is 4.03.